The van der Waals surface area contributed by atoms with E-state index in [9.17, 15) is 0 Å². The summed E-state index contributed by atoms with van der Waals surface area (Å²) in [4.78, 5) is 4.11. The van der Waals surface area contributed by atoms with E-state index >= 15 is 0 Å². The molecule has 0 spiro atoms. The van der Waals surface area contributed by atoms with Crippen LogP contribution >= 0.6 is 11.6 Å². The number of halogens is 1. The Kier molecular flexibility index (Phi) is 3.16. The molecule has 1 aromatic carbocycles. The average Bonchev–Trinajstić information content (AvgIpc) is 2.84. The number of benzene rings is 1. The number of aryl methyl sites for hydroxylation is 1. The topological polar surface area (TPSA) is 64.9 Å². The largest absolute Gasteiger partial charge is 0.380 e. The molecule has 5 heteroatoms. The molecule has 0 aliphatic rings. The quantitative estimate of drug-likeness (QED) is 0.774. The molecule has 3 aromatic rings. The van der Waals surface area contributed by atoms with Crippen molar-refractivity contribution >= 4 is 17.4 Å². The summed E-state index contributed by atoms with van der Waals surface area (Å²) >= 11 is 6.07. The fourth-order valence-electron chi connectivity index (χ4n) is 2.11. The molecule has 0 amide bonds. The van der Waals surface area contributed by atoms with Crippen LogP contribution in [0, 0.1) is 6.92 Å². The van der Waals surface area contributed by atoms with Crippen molar-refractivity contribution in [3.8, 4) is 22.5 Å². The normalized spacial score (nSPS) is 10.7. The Morgan fingerprint density at radius 2 is 2.10 bits per heavy atom. The molecule has 0 atom stereocenters. The van der Waals surface area contributed by atoms with Crippen molar-refractivity contribution in [1.82, 2.24) is 10.1 Å². The number of nitrogens with zero attached hydrogens (tertiary/aromatic N) is 2. The van der Waals surface area contributed by atoms with Gasteiger partial charge in [0.2, 0.25) is 0 Å². The highest BCUT2D eigenvalue weighted by molar-refractivity contribution is 6.30. The highest BCUT2D eigenvalue weighted by Gasteiger charge is 2.19. The molecule has 0 radical (unpaired) electrons. The monoisotopic (exact) mass is 285 g/mol. The zero-order chi connectivity index (χ0) is 14.1. The second-order valence-corrected chi connectivity index (χ2v) is 4.91. The third-order valence-corrected chi connectivity index (χ3v) is 3.35. The fraction of sp³-hybridized carbons (Fsp3) is 0.0667. The van der Waals surface area contributed by atoms with Crippen LogP contribution < -0.4 is 5.73 Å². The molecular weight excluding hydrogens is 274 g/mol. The Labute approximate surface area is 121 Å². The number of rotatable bonds is 2. The molecule has 0 saturated carbocycles. The summed E-state index contributed by atoms with van der Waals surface area (Å²) in [6.07, 6.45) is 3.43. The molecule has 0 bridgehead atoms. The van der Waals surface area contributed by atoms with Crippen molar-refractivity contribution in [1.29, 1.82) is 0 Å². The van der Waals surface area contributed by atoms with Gasteiger partial charge in [-0.15, -0.1) is 0 Å². The summed E-state index contributed by atoms with van der Waals surface area (Å²) in [6, 6.07) is 9.37. The molecule has 0 fully saturated rings. The van der Waals surface area contributed by atoms with Gasteiger partial charge in [0.25, 0.3) is 0 Å². The minimum Gasteiger partial charge on any atom is -0.380 e. The molecule has 0 unspecified atom stereocenters. The van der Waals surface area contributed by atoms with E-state index in [-0.39, 0.29) is 0 Å². The standard InChI is InChI=1S/C15H12ClN3O/c1-9-4-5-11(16)7-12(9)14-13(15(17)19-20-14)10-3-2-6-18-8-10/h2-8H,1H3,(H2,17,19). The van der Waals surface area contributed by atoms with Crippen LogP contribution in [-0.2, 0) is 0 Å². The lowest BCUT2D eigenvalue weighted by atomic mass is 10.00. The van der Waals surface area contributed by atoms with Gasteiger partial charge in [-0.3, -0.25) is 4.98 Å². The lowest BCUT2D eigenvalue weighted by molar-refractivity contribution is 0.436. The van der Waals surface area contributed by atoms with Crippen LogP contribution in [0.25, 0.3) is 22.5 Å². The summed E-state index contributed by atoms with van der Waals surface area (Å²) in [6.45, 7) is 1.98. The first kappa shape index (κ1) is 12.7. The zero-order valence-corrected chi connectivity index (χ0v) is 11.6. The van der Waals surface area contributed by atoms with Crippen molar-refractivity contribution in [3.05, 3.63) is 53.3 Å². The van der Waals surface area contributed by atoms with Crippen LogP contribution in [-0.4, -0.2) is 10.1 Å². The van der Waals surface area contributed by atoms with Gasteiger partial charge in [0.1, 0.15) is 0 Å². The minimum atomic E-state index is 0.340. The number of hydrogen-bond acceptors (Lipinski definition) is 4. The van der Waals surface area contributed by atoms with Crippen LogP contribution in [0.15, 0.2) is 47.2 Å². The van der Waals surface area contributed by atoms with Crippen molar-refractivity contribution in [2.45, 2.75) is 6.92 Å². The lowest BCUT2D eigenvalue weighted by Crippen LogP contribution is -1.90. The summed E-state index contributed by atoms with van der Waals surface area (Å²) in [5.74, 6) is 0.947. The maximum absolute atomic E-state index is 6.07. The Bertz CT molecular complexity index is 753. The van der Waals surface area contributed by atoms with E-state index in [0.29, 0.717) is 16.6 Å². The number of pyridine rings is 1. The number of hydrogen-bond donors (Lipinski definition) is 1. The third kappa shape index (κ3) is 2.14. The van der Waals surface area contributed by atoms with Crippen LogP contribution in [0.3, 0.4) is 0 Å². The predicted molar refractivity (Wildman–Crippen MR) is 79.3 cm³/mol. The summed E-state index contributed by atoms with van der Waals surface area (Å²) < 4.78 is 5.41. The van der Waals surface area contributed by atoms with Crippen molar-refractivity contribution in [2.24, 2.45) is 0 Å². The first-order chi connectivity index (χ1) is 9.66. The van der Waals surface area contributed by atoms with E-state index in [1.807, 2.05) is 37.3 Å². The molecule has 0 aliphatic heterocycles. The van der Waals surface area contributed by atoms with Gasteiger partial charge in [0.15, 0.2) is 11.6 Å². The van der Waals surface area contributed by atoms with Crippen LogP contribution in [0.4, 0.5) is 5.82 Å². The predicted octanol–water partition coefficient (Wildman–Crippen LogP) is 3.95. The van der Waals surface area contributed by atoms with E-state index in [1.165, 1.54) is 0 Å². The highest BCUT2D eigenvalue weighted by atomic mass is 35.5. The Morgan fingerprint density at radius 1 is 1.25 bits per heavy atom. The molecule has 3 rings (SSSR count). The van der Waals surface area contributed by atoms with Crippen LogP contribution in [0.1, 0.15) is 5.56 Å². The van der Waals surface area contributed by atoms with Gasteiger partial charge in [-0.2, -0.15) is 0 Å². The number of aromatic nitrogens is 2. The maximum atomic E-state index is 6.07. The average molecular weight is 286 g/mol. The van der Waals surface area contributed by atoms with Gasteiger partial charge in [0, 0.05) is 28.5 Å². The zero-order valence-electron chi connectivity index (χ0n) is 10.8. The molecule has 20 heavy (non-hydrogen) atoms. The van der Waals surface area contributed by atoms with Crippen LogP contribution in [0.5, 0.6) is 0 Å². The third-order valence-electron chi connectivity index (χ3n) is 3.11. The summed E-state index contributed by atoms with van der Waals surface area (Å²) in [5, 5.41) is 4.51. The Morgan fingerprint density at radius 3 is 2.85 bits per heavy atom. The fourth-order valence-corrected chi connectivity index (χ4v) is 2.29. The molecule has 100 valence electrons. The van der Waals surface area contributed by atoms with Gasteiger partial charge in [0.05, 0.1) is 5.56 Å². The lowest BCUT2D eigenvalue weighted by Gasteiger charge is -2.06. The van der Waals surface area contributed by atoms with Crippen molar-refractivity contribution < 1.29 is 4.52 Å². The van der Waals surface area contributed by atoms with Gasteiger partial charge in [-0.05, 0) is 30.7 Å². The maximum Gasteiger partial charge on any atom is 0.177 e. The van der Waals surface area contributed by atoms with Gasteiger partial charge in [-0.25, -0.2) is 0 Å². The highest BCUT2D eigenvalue weighted by Crippen LogP contribution is 2.38. The first-order valence-corrected chi connectivity index (χ1v) is 6.46. The molecule has 0 saturated heterocycles. The Hall–Kier alpha value is -2.33. The van der Waals surface area contributed by atoms with Crippen LogP contribution in [0.2, 0.25) is 5.02 Å². The summed E-state index contributed by atoms with van der Waals surface area (Å²) in [5.41, 5.74) is 9.45. The number of anilines is 1. The van der Waals surface area contributed by atoms with E-state index in [1.54, 1.807) is 12.4 Å². The van der Waals surface area contributed by atoms with Crippen molar-refractivity contribution in [3.63, 3.8) is 0 Å². The van der Waals surface area contributed by atoms with Crippen molar-refractivity contribution in [2.75, 3.05) is 5.73 Å². The van der Waals surface area contributed by atoms with E-state index < -0.39 is 0 Å². The second-order valence-electron chi connectivity index (χ2n) is 4.47. The molecular formula is C15H12ClN3O. The molecule has 4 nitrogen and oxygen atoms in total. The van der Waals surface area contributed by atoms with E-state index in [0.717, 1.165) is 22.3 Å². The number of nitrogens with two attached hydrogens (primary N) is 1. The molecule has 2 N–H and O–H groups in total. The second kappa shape index (κ2) is 4.98. The molecule has 2 aromatic heterocycles. The minimum absolute atomic E-state index is 0.340. The Balaban J connectivity index is 2.24. The van der Waals surface area contributed by atoms with E-state index in [2.05, 4.69) is 10.1 Å². The first-order valence-electron chi connectivity index (χ1n) is 6.09. The smallest absolute Gasteiger partial charge is 0.177 e. The summed E-state index contributed by atoms with van der Waals surface area (Å²) in [7, 11) is 0. The molecule has 0 aliphatic carbocycles. The van der Waals surface area contributed by atoms with Gasteiger partial charge in [-0.1, -0.05) is 28.9 Å². The van der Waals surface area contributed by atoms with E-state index in [4.69, 9.17) is 21.9 Å². The van der Waals surface area contributed by atoms with Gasteiger partial charge >= 0.3 is 0 Å². The SMILES string of the molecule is Cc1ccc(Cl)cc1-c1onc(N)c1-c1cccnc1. The molecule has 2 heterocycles. The van der Waals surface area contributed by atoms with Gasteiger partial charge < -0.3 is 10.3 Å². The number of nitrogen functional groups attached to an aromatic ring is 1.